The van der Waals surface area contributed by atoms with Crippen LogP contribution in [0, 0.1) is 0 Å². The number of Topliss-reactive ketones (excluding diaryl/α,β-unsaturated/α-hetero) is 1. The third-order valence-corrected chi connectivity index (χ3v) is 10.9. The van der Waals surface area contributed by atoms with Crippen molar-refractivity contribution in [3.05, 3.63) is 42.7 Å². The Morgan fingerprint density at radius 2 is 1.59 bits per heavy atom. The molecule has 12 N–H and O–H groups in total. The number of hydrogen-bond donors (Lipinski definition) is 10. The van der Waals surface area contributed by atoms with Gasteiger partial charge in [-0.1, -0.05) is 0 Å². The smallest absolute Gasteiger partial charge is 0.478 e. The van der Waals surface area contributed by atoms with Crippen LogP contribution < -0.4 is 20.9 Å². The van der Waals surface area contributed by atoms with Crippen LogP contribution in [0.3, 0.4) is 0 Å². The van der Waals surface area contributed by atoms with Gasteiger partial charge in [-0.25, -0.2) is 33.2 Å². The Labute approximate surface area is 322 Å². The summed E-state index contributed by atoms with van der Waals surface area (Å²) in [5.41, 5.74) is 11.1. The number of aliphatic carboxylic acids is 2. The van der Waals surface area contributed by atoms with E-state index in [1.165, 1.54) is 29.1 Å². The summed E-state index contributed by atoms with van der Waals surface area (Å²) in [7, 11) is -16.6. The highest BCUT2D eigenvalue weighted by Gasteiger charge is 2.51. The number of nitrogen functional groups attached to an aromatic ring is 1. The Morgan fingerprint density at radius 3 is 2.21 bits per heavy atom. The Bertz CT molecular complexity index is 2150. The lowest BCUT2D eigenvalue weighted by Gasteiger charge is -2.26. The molecular formula is C26H34N7O22P3. The average Bonchev–Trinajstić information content (AvgIpc) is 3.78. The van der Waals surface area contributed by atoms with E-state index in [0.717, 1.165) is 17.2 Å². The fourth-order valence-corrected chi connectivity index (χ4v) is 7.75. The molecule has 1 amide bonds. The van der Waals surface area contributed by atoms with Gasteiger partial charge in [0.1, 0.15) is 47.9 Å². The molecule has 0 radical (unpaired) electrons. The summed E-state index contributed by atoms with van der Waals surface area (Å²) < 4.78 is 67.9. The van der Waals surface area contributed by atoms with Crippen molar-refractivity contribution in [2.75, 3.05) is 18.9 Å². The highest BCUT2D eigenvalue weighted by atomic mass is 31.3. The first-order valence-electron chi connectivity index (χ1n) is 15.8. The number of phosphoric ester groups is 3. The van der Waals surface area contributed by atoms with Crippen molar-refractivity contribution in [1.29, 1.82) is 0 Å². The molecule has 2 aliphatic rings. The Morgan fingerprint density at radius 1 is 0.931 bits per heavy atom. The number of fused-ring (bicyclic) bond motifs is 1. The third kappa shape index (κ3) is 12.1. The molecule has 29 nitrogen and oxygen atoms in total. The van der Waals surface area contributed by atoms with Crippen LogP contribution in [0.5, 0.6) is 0 Å². The number of aliphatic hydroxyl groups is 3. The van der Waals surface area contributed by atoms with Crippen LogP contribution in [0.1, 0.15) is 35.7 Å². The summed E-state index contributed by atoms with van der Waals surface area (Å²) in [6, 6.07) is 2.77. The van der Waals surface area contributed by atoms with Crippen molar-refractivity contribution < 1.29 is 110 Å². The number of nitrogens with zero attached hydrogens (tertiary/aromatic N) is 5. The second-order valence-electron chi connectivity index (χ2n) is 11.9. The van der Waals surface area contributed by atoms with Gasteiger partial charge < -0.3 is 70.6 Å². The number of hydrogen-bond acceptors (Lipinski definition) is 21. The van der Waals surface area contributed by atoms with E-state index in [2.05, 4.69) is 32.8 Å². The molecule has 10 atom stereocenters. The fourth-order valence-electron chi connectivity index (χ4n) is 5.15. The second kappa shape index (κ2) is 18.8. The Balaban J connectivity index is 0.000000657. The molecule has 320 valence electrons. The summed E-state index contributed by atoms with van der Waals surface area (Å²) >= 11 is 0. The van der Waals surface area contributed by atoms with E-state index < -0.39 is 122 Å². The van der Waals surface area contributed by atoms with E-state index in [1.54, 1.807) is 0 Å². The van der Waals surface area contributed by atoms with Crippen molar-refractivity contribution >= 4 is 64.1 Å². The van der Waals surface area contributed by atoms with Crippen LogP contribution in [-0.4, -0.2) is 133 Å². The zero-order valence-corrected chi connectivity index (χ0v) is 31.6. The van der Waals surface area contributed by atoms with Crippen molar-refractivity contribution in [3.63, 3.8) is 0 Å². The second-order valence-corrected chi connectivity index (χ2v) is 16.1. The largest absolute Gasteiger partial charge is 0.756 e. The molecule has 2 unspecified atom stereocenters. The van der Waals surface area contributed by atoms with Crippen molar-refractivity contribution in [2.45, 2.75) is 61.9 Å². The average molecular weight is 890 g/mol. The number of carboxylic acids is 2. The van der Waals surface area contributed by atoms with Crippen LogP contribution >= 0.6 is 23.5 Å². The standard InChI is InChI=1S/C21H28N7O17P3.C5H6O5/c22-17-12-19(25-7-24-17)28(8-26-12)21-16(44-46(33,34)35)14(30)11(43-21)6-41-48(38,39)45-47(36,37)40-5-10-13(29)15(31)20(42-10)27-3-1-2-9(4-27)18(23)32;6-3(5(9)10)1-2-4(7)8/h1-4,7-8,10-11,13-16,20-21,29-31H,5-6H2,(H7-,22,23,24,25,32,33,34,35,36,37,38,39);1-2H2,(H,7,8)(H,9,10)/t10-,11-,13-,14-,15-,16-,20-,21-;/m1./s1. The summed E-state index contributed by atoms with van der Waals surface area (Å²) in [5, 5.41) is 47.4. The van der Waals surface area contributed by atoms with Gasteiger partial charge in [-0.3, -0.25) is 32.6 Å². The van der Waals surface area contributed by atoms with Gasteiger partial charge in [0.05, 0.1) is 26.0 Å². The molecule has 58 heavy (non-hydrogen) atoms. The van der Waals surface area contributed by atoms with Gasteiger partial charge in [-0.2, -0.15) is 4.57 Å². The number of aliphatic hydroxyl groups excluding tert-OH is 3. The Kier molecular flexibility index (Phi) is 15.0. The molecule has 32 heteroatoms. The number of rotatable bonds is 17. The number of carboxylic acid groups (broad SMARTS) is 2. The van der Waals surface area contributed by atoms with Gasteiger partial charge >= 0.3 is 27.6 Å². The van der Waals surface area contributed by atoms with Crippen LogP contribution in [0.15, 0.2) is 37.2 Å². The molecule has 3 aromatic heterocycles. The van der Waals surface area contributed by atoms with E-state index in [1.807, 2.05) is 0 Å². The van der Waals surface area contributed by atoms with Crippen molar-refractivity contribution in [2.24, 2.45) is 5.73 Å². The summed E-state index contributed by atoms with van der Waals surface area (Å²) in [4.78, 5) is 94.1. The van der Waals surface area contributed by atoms with Crippen LogP contribution in [0.25, 0.3) is 11.2 Å². The van der Waals surface area contributed by atoms with Crippen LogP contribution in [0.4, 0.5) is 5.82 Å². The predicted octanol–water partition coefficient (Wildman–Crippen LogP) is -4.03. The molecule has 0 aliphatic carbocycles. The summed E-state index contributed by atoms with van der Waals surface area (Å²) in [6.07, 6.45) is -9.46. The number of amides is 1. The zero-order valence-electron chi connectivity index (χ0n) is 28.9. The number of anilines is 1. The molecule has 0 bridgehead atoms. The number of nitrogens with two attached hydrogens (primary N) is 2. The number of phosphoric acid groups is 3. The van der Waals surface area contributed by atoms with Crippen molar-refractivity contribution in [3.8, 4) is 0 Å². The molecule has 2 fully saturated rings. The molecule has 0 aromatic carbocycles. The lowest BCUT2D eigenvalue weighted by atomic mass is 10.1. The molecule has 0 saturated carbocycles. The van der Waals surface area contributed by atoms with Crippen LogP contribution in [0.2, 0.25) is 0 Å². The number of pyridine rings is 1. The normalized spacial score (nSPS) is 26.6. The molecule has 5 rings (SSSR count). The first-order valence-corrected chi connectivity index (χ1v) is 20.3. The maximum Gasteiger partial charge on any atom is 0.478 e. The van der Waals surface area contributed by atoms with E-state index in [-0.39, 0.29) is 22.5 Å². The zero-order chi connectivity index (χ0) is 43.3. The lowest BCUT2D eigenvalue weighted by Crippen LogP contribution is -2.46. The van der Waals surface area contributed by atoms with Gasteiger partial charge in [0.2, 0.25) is 5.78 Å². The minimum atomic E-state index is -5.72. The first kappa shape index (κ1) is 46.4. The quantitative estimate of drug-likeness (QED) is 0.0350. The van der Waals surface area contributed by atoms with Gasteiger partial charge in [0.15, 0.2) is 36.2 Å². The lowest BCUT2D eigenvalue weighted by molar-refractivity contribution is -0.765. The number of aromatic nitrogens is 5. The van der Waals surface area contributed by atoms with Gasteiger partial charge in [0, 0.05) is 12.5 Å². The molecule has 2 saturated heterocycles. The topological polar surface area (TPSA) is 459 Å². The number of ketones is 1. The molecule has 3 aromatic rings. The number of ether oxygens (including phenoxy) is 2. The number of imidazole rings is 1. The number of carbonyl (C=O) groups is 4. The predicted molar refractivity (Wildman–Crippen MR) is 178 cm³/mol. The van der Waals surface area contributed by atoms with Crippen LogP contribution in [-0.2, 0) is 55.4 Å². The van der Waals surface area contributed by atoms with E-state index in [0.29, 0.717) is 0 Å². The molecule has 2 aliphatic heterocycles. The fraction of sp³-hybridized carbons (Fsp3) is 0.462. The van der Waals surface area contributed by atoms with Gasteiger partial charge in [0.25, 0.3) is 20.0 Å². The summed E-state index contributed by atoms with van der Waals surface area (Å²) in [5.74, 6) is -4.68. The maximum absolute atomic E-state index is 12.5. The van der Waals surface area contributed by atoms with Gasteiger partial charge in [-0.15, -0.1) is 0 Å². The maximum atomic E-state index is 12.5. The monoisotopic (exact) mass is 889 g/mol. The minimum absolute atomic E-state index is 0.00541. The van der Waals surface area contributed by atoms with Crippen molar-refractivity contribution in [1.82, 2.24) is 19.5 Å². The highest BCUT2D eigenvalue weighted by Crippen LogP contribution is 2.58. The molecule has 5 heterocycles. The molecule has 0 spiro atoms. The van der Waals surface area contributed by atoms with E-state index >= 15 is 0 Å². The highest BCUT2D eigenvalue weighted by molar-refractivity contribution is 7.60. The SMILES string of the molecule is NC(=O)c1ccc[n+]([C@@H]2O[C@H](COP(=O)([O-])OP(=O)(O)OC[C@H]3O[C@@H](n4cnc5c(N)ncnc54)[C@H](OP(=O)(O)O)[C@@H]3O)[C@@H](O)[C@H]2O)c1.O=C(O)CCC(=O)C(=O)O. The van der Waals surface area contributed by atoms with Gasteiger partial charge in [-0.05, 0) is 6.07 Å². The molecular weight excluding hydrogens is 855 g/mol. The number of primary amides is 1. The third-order valence-electron chi connectivity index (χ3n) is 7.78. The number of carbonyl (C=O) groups excluding carboxylic acids is 2. The van der Waals surface area contributed by atoms with E-state index in [4.69, 9.17) is 31.2 Å². The summed E-state index contributed by atoms with van der Waals surface area (Å²) in [6.45, 7) is -2.12. The Hall–Kier alpha value is -4.25. The van der Waals surface area contributed by atoms with E-state index in [9.17, 15) is 67.8 Å². The first-order chi connectivity index (χ1) is 26.9. The minimum Gasteiger partial charge on any atom is -0.756 e.